The van der Waals surface area contributed by atoms with E-state index in [0.29, 0.717) is 0 Å². The average Bonchev–Trinajstić information content (AvgIpc) is 1.98. The minimum absolute atomic E-state index is 0.0126. The fraction of sp³-hybridized carbons (Fsp3) is 0.900. The van der Waals surface area contributed by atoms with Crippen LogP contribution in [0.2, 0.25) is 0 Å². The Kier molecular flexibility index (Phi) is 4.23. The van der Waals surface area contributed by atoms with E-state index in [4.69, 9.17) is 0 Å². The minimum Gasteiger partial charge on any atom is -0.300 e. The number of Topliss-reactive ketones (excluding diaryl/α,β-unsaturated/α-hetero) is 1. The summed E-state index contributed by atoms with van der Waals surface area (Å²) in [7, 11) is 0. The summed E-state index contributed by atoms with van der Waals surface area (Å²) >= 11 is 0. The molecule has 0 aromatic heterocycles. The van der Waals surface area contributed by atoms with Crippen molar-refractivity contribution < 1.29 is 9.72 Å². The van der Waals surface area contributed by atoms with E-state index in [1.165, 1.54) is 6.92 Å². The number of ketones is 1. The monoisotopic (exact) mass is 201 g/mol. The van der Waals surface area contributed by atoms with E-state index in [1.807, 2.05) is 13.8 Å². The van der Waals surface area contributed by atoms with E-state index < -0.39 is 5.54 Å². The quantitative estimate of drug-likeness (QED) is 0.506. The Morgan fingerprint density at radius 3 is 2.07 bits per heavy atom. The maximum Gasteiger partial charge on any atom is 0.220 e. The maximum absolute atomic E-state index is 11.0. The summed E-state index contributed by atoms with van der Waals surface area (Å²) in [6.45, 7) is 8.48. The van der Waals surface area contributed by atoms with E-state index in [2.05, 4.69) is 0 Å². The third-order valence-electron chi connectivity index (χ3n) is 2.69. The van der Waals surface area contributed by atoms with E-state index in [0.717, 1.165) is 0 Å². The lowest BCUT2D eigenvalue weighted by atomic mass is 9.77. The van der Waals surface area contributed by atoms with Gasteiger partial charge < -0.3 is 4.79 Å². The Bertz CT molecular complexity index is 234. The molecule has 0 bridgehead atoms. The number of hydrogen-bond donors (Lipinski definition) is 0. The van der Waals surface area contributed by atoms with Gasteiger partial charge in [-0.05, 0) is 12.8 Å². The third-order valence-corrected chi connectivity index (χ3v) is 2.69. The van der Waals surface area contributed by atoms with Crippen LogP contribution in [0, 0.1) is 22.0 Å². The smallest absolute Gasteiger partial charge is 0.220 e. The first-order chi connectivity index (χ1) is 6.19. The summed E-state index contributed by atoms with van der Waals surface area (Å²) in [5, 5.41) is 10.8. The highest BCUT2D eigenvalue weighted by Crippen LogP contribution is 2.30. The molecule has 82 valence electrons. The summed E-state index contributed by atoms with van der Waals surface area (Å²) in [4.78, 5) is 21.6. The zero-order valence-corrected chi connectivity index (χ0v) is 9.53. The second-order valence-corrected chi connectivity index (χ2v) is 4.67. The van der Waals surface area contributed by atoms with Crippen LogP contribution < -0.4 is 0 Å². The molecular weight excluding hydrogens is 182 g/mol. The molecule has 0 aliphatic heterocycles. The second kappa shape index (κ2) is 4.53. The van der Waals surface area contributed by atoms with E-state index in [1.54, 1.807) is 13.8 Å². The molecule has 0 saturated carbocycles. The first-order valence-corrected chi connectivity index (χ1v) is 4.83. The number of nitrogens with zero attached hydrogens (tertiary/aromatic N) is 1. The van der Waals surface area contributed by atoms with E-state index in [9.17, 15) is 14.9 Å². The number of nitro groups is 1. The van der Waals surface area contributed by atoms with Gasteiger partial charge in [0.2, 0.25) is 5.54 Å². The molecule has 0 rings (SSSR count). The predicted molar refractivity (Wildman–Crippen MR) is 54.7 cm³/mol. The highest BCUT2D eigenvalue weighted by molar-refractivity contribution is 5.75. The van der Waals surface area contributed by atoms with Crippen LogP contribution >= 0.6 is 0 Å². The molecule has 0 amide bonds. The van der Waals surface area contributed by atoms with E-state index >= 15 is 0 Å². The van der Waals surface area contributed by atoms with Gasteiger partial charge in [-0.15, -0.1) is 0 Å². The Labute approximate surface area is 84.8 Å². The van der Waals surface area contributed by atoms with Crippen LogP contribution in [0.1, 0.15) is 41.0 Å². The maximum atomic E-state index is 11.0. The Morgan fingerprint density at radius 2 is 1.86 bits per heavy atom. The highest BCUT2D eigenvalue weighted by Gasteiger charge is 2.42. The third kappa shape index (κ3) is 3.09. The Hall–Kier alpha value is -0.930. The van der Waals surface area contributed by atoms with Crippen LogP contribution in [0.3, 0.4) is 0 Å². The molecule has 4 nitrogen and oxygen atoms in total. The van der Waals surface area contributed by atoms with Gasteiger partial charge in [-0.1, -0.05) is 13.8 Å². The Balaban J connectivity index is 4.81. The van der Waals surface area contributed by atoms with Crippen molar-refractivity contribution in [1.82, 2.24) is 0 Å². The molecule has 0 unspecified atom stereocenters. The molecule has 0 aliphatic carbocycles. The molecule has 0 fully saturated rings. The summed E-state index contributed by atoms with van der Waals surface area (Å²) in [5.74, 6) is -0.0482. The van der Waals surface area contributed by atoms with Gasteiger partial charge in [0.25, 0.3) is 0 Å². The van der Waals surface area contributed by atoms with Crippen molar-refractivity contribution in [2.45, 2.75) is 46.6 Å². The molecule has 0 saturated heterocycles. The van der Waals surface area contributed by atoms with Crippen molar-refractivity contribution in [3.63, 3.8) is 0 Å². The molecule has 14 heavy (non-hydrogen) atoms. The van der Waals surface area contributed by atoms with Gasteiger partial charge in [0.15, 0.2) is 0 Å². The van der Waals surface area contributed by atoms with Crippen LogP contribution in [0.5, 0.6) is 0 Å². The first kappa shape index (κ1) is 13.1. The van der Waals surface area contributed by atoms with Crippen molar-refractivity contribution in [1.29, 1.82) is 0 Å². The fourth-order valence-corrected chi connectivity index (χ4v) is 1.75. The highest BCUT2D eigenvalue weighted by atomic mass is 16.6. The van der Waals surface area contributed by atoms with E-state index in [-0.39, 0.29) is 29.0 Å². The summed E-state index contributed by atoms with van der Waals surface area (Å²) in [5.41, 5.74) is -1.03. The topological polar surface area (TPSA) is 60.2 Å². The van der Waals surface area contributed by atoms with Gasteiger partial charge in [0, 0.05) is 31.1 Å². The van der Waals surface area contributed by atoms with Gasteiger partial charge in [-0.25, -0.2) is 0 Å². The van der Waals surface area contributed by atoms with Gasteiger partial charge in [0.1, 0.15) is 5.78 Å². The molecule has 0 spiro atoms. The molecule has 0 N–H and O–H groups in total. The lowest BCUT2D eigenvalue weighted by Crippen LogP contribution is -2.43. The minimum atomic E-state index is -1.03. The largest absolute Gasteiger partial charge is 0.300 e. The van der Waals surface area contributed by atoms with Crippen LogP contribution in [0.4, 0.5) is 0 Å². The number of carbonyl (C=O) groups is 1. The van der Waals surface area contributed by atoms with Gasteiger partial charge in [-0.2, -0.15) is 0 Å². The number of carbonyl (C=O) groups excluding carboxylic acids is 1. The molecule has 1 atom stereocenters. The molecule has 0 heterocycles. The van der Waals surface area contributed by atoms with Gasteiger partial charge in [-0.3, -0.25) is 10.1 Å². The summed E-state index contributed by atoms with van der Waals surface area (Å²) in [6.07, 6.45) is 0.283. The number of rotatable bonds is 5. The lowest BCUT2D eigenvalue weighted by molar-refractivity contribution is -0.573. The molecule has 0 radical (unpaired) electrons. The standard InChI is InChI=1S/C10H19NO3/c1-7(2)9(6-8(3)12)10(4,5)11(13)14/h7,9H,6H2,1-5H3/t9-/m1/s1. The van der Waals surface area contributed by atoms with Crippen molar-refractivity contribution in [3.8, 4) is 0 Å². The number of hydrogen-bond acceptors (Lipinski definition) is 3. The SMILES string of the molecule is CC(=O)C[C@H](C(C)C)C(C)(C)[N+](=O)[O-]. The summed E-state index contributed by atoms with van der Waals surface area (Å²) < 4.78 is 0. The molecule has 0 aromatic carbocycles. The van der Waals surface area contributed by atoms with Crippen molar-refractivity contribution in [2.75, 3.05) is 0 Å². The van der Waals surface area contributed by atoms with Gasteiger partial charge >= 0.3 is 0 Å². The zero-order chi connectivity index (χ0) is 11.5. The Morgan fingerprint density at radius 1 is 1.43 bits per heavy atom. The normalized spacial score (nSPS) is 14.1. The first-order valence-electron chi connectivity index (χ1n) is 4.83. The average molecular weight is 201 g/mol. The fourth-order valence-electron chi connectivity index (χ4n) is 1.75. The molecule has 0 aromatic rings. The molecule has 4 heteroatoms. The van der Waals surface area contributed by atoms with Crippen molar-refractivity contribution in [2.24, 2.45) is 11.8 Å². The lowest BCUT2D eigenvalue weighted by Gasteiger charge is -2.28. The van der Waals surface area contributed by atoms with Crippen molar-refractivity contribution in [3.05, 3.63) is 10.1 Å². The zero-order valence-electron chi connectivity index (χ0n) is 9.53. The van der Waals surface area contributed by atoms with Crippen LogP contribution in [0.25, 0.3) is 0 Å². The van der Waals surface area contributed by atoms with Crippen LogP contribution in [-0.4, -0.2) is 16.2 Å². The summed E-state index contributed by atoms with van der Waals surface area (Å²) in [6, 6.07) is 0. The molecule has 0 aliphatic rings. The molecular formula is C10H19NO3. The second-order valence-electron chi connectivity index (χ2n) is 4.67. The van der Waals surface area contributed by atoms with Crippen LogP contribution in [0.15, 0.2) is 0 Å². The van der Waals surface area contributed by atoms with Gasteiger partial charge in [0.05, 0.1) is 0 Å². The van der Waals surface area contributed by atoms with Crippen LogP contribution in [-0.2, 0) is 4.79 Å². The van der Waals surface area contributed by atoms with Crippen molar-refractivity contribution >= 4 is 5.78 Å². The predicted octanol–water partition coefficient (Wildman–Crippen LogP) is 2.29.